The molecule has 2 atom stereocenters. The summed E-state index contributed by atoms with van der Waals surface area (Å²) in [7, 11) is 0. The second kappa shape index (κ2) is 5.88. The number of nitrogens with two attached hydrogens (primary N) is 1. The Kier molecular flexibility index (Phi) is 4.28. The van der Waals surface area contributed by atoms with Crippen LogP contribution in [0.1, 0.15) is 63.4 Å². The molecule has 2 aliphatic rings. The standard InChI is InChI=1S/C17H29N3S/c1-17(2,3)15-14(10-18)21-16(19-15)20-9-8-12-6-4-5-7-13(12)11-20/h12-13H,4-11,18H2,1-3H3. The number of hydrogen-bond donors (Lipinski definition) is 1. The number of piperidine rings is 1. The molecule has 0 bridgehead atoms. The van der Waals surface area contributed by atoms with Crippen molar-refractivity contribution >= 4 is 16.5 Å². The fourth-order valence-corrected chi connectivity index (χ4v) is 5.16. The van der Waals surface area contributed by atoms with Gasteiger partial charge in [0, 0.05) is 29.9 Å². The Labute approximate surface area is 132 Å². The van der Waals surface area contributed by atoms with Gasteiger partial charge in [-0.15, -0.1) is 11.3 Å². The average molecular weight is 308 g/mol. The lowest BCUT2D eigenvalue weighted by Crippen LogP contribution is -2.41. The van der Waals surface area contributed by atoms with E-state index in [9.17, 15) is 0 Å². The number of thiazole rings is 1. The van der Waals surface area contributed by atoms with Crippen molar-refractivity contribution in [1.29, 1.82) is 0 Å². The second-order valence-corrected chi connectivity index (χ2v) is 8.82. The summed E-state index contributed by atoms with van der Waals surface area (Å²) in [5.74, 6) is 1.88. The molecule has 0 amide bonds. The lowest BCUT2D eigenvalue weighted by molar-refractivity contribution is 0.202. The lowest BCUT2D eigenvalue weighted by Gasteiger charge is -2.41. The molecule has 1 aliphatic heterocycles. The molecule has 0 radical (unpaired) electrons. The molecule has 1 aromatic rings. The summed E-state index contributed by atoms with van der Waals surface area (Å²) in [6, 6.07) is 0. The minimum Gasteiger partial charge on any atom is -0.348 e. The first-order valence-corrected chi connectivity index (χ1v) is 9.26. The van der Waals surface area contributed by atoms with E-state index in [4.69, 9.17) is 10.7 Å². The average Bonchev–Trinajstić information content (AvgIpc) is 2.91. The van der Waals surface area contributed by atoms with Crippen LogP contribution >= 0.6 is 11.3 Å². The van der Waals surface area contributed by atoms with E-state index in [1.807, 2.05) is 11.3 Å². The van der Waals surface area contributed by atoms with Crippen LogP contribution in [0, 0.1) is 11.8 Å². The fraction of sp³-hybridized carbons (Fsp3) is 0.824. The van der Waals surface area contributed by atoms with Crippen LogP contribution in [0.15, 0.2) is 0 Å². The Hall–Kier alpha value is -0.610. The van der Waals surface area contributed by atoms with Gasteiger partial charge in [-0.1, -0.05) is 40.0 Å². The first-order chi connectivity index (χ1) is 9.99. The Morgan fingerprint density at radius 1 is 1.19 bits per heavy atom. The minimum absolute atomic E-state index is 0.0899. The third-order valence-corrected chi connectivity index (χ3v) is 6.28. The molecule has 1 aliphatic carbocycles. The van der Waals surface area contributed by atoms with E-state index < -0.39 is 0 Å². The van der Waals surface area contributed by atoms with Gasteiger partial charge in [0.15, 0.2) is 5.13 Å². The SMILES string of the molecule is CC(C)(C)c1nc(N2CCC3CCCCC3C2)sc1CN. The first kappa shape index (κ1) is 15.3. The molecule has 2 fully saturated rings. The summed E-state index contributed by atoms with van der Waals surface area (Å²) < 4.78 is 0. The molecule has 3 rings (SSSR count). The molecule has 2 heterocycles. The molecule has 21 heavy (non-hydrogen) atoms. The van der Waals surface area contributed by atoms with Gasteiger partial charge < -0.3 is 10.6 Å². The molecular weight excluding hydrogens is 278 g/mol. The molecule has 3 nitrogen and oxygen atoms in total. The molecule has 4 heteroatoms. The molecular formula is C17H29N3S. The van der Waals surface area contributed by atoms with Crippen molar-refractivity contribution in [3.05, 3.63) is 10.6 Å². The second-order valence-electron chi connectivity index (χ2n) is 7.76. The van der Waals surface area contributed by atoms with Gasteiger partial charge in [-0.25, -0.2) is 4.98 Å². The van der Waals surface area contributed by atoms with Gasteiger partial charge >= 0.3 is 0 Å². The van der Waals surface area contributed by atoms with Crippen molar-refractivity contribution in [1.82, 2.24) is 4.98 Å². The predicted octanol–water partition coefficient (Wildman–Crippen LogP) is 3.92. The van der Waals surface area contributed by atoms with Crippen molar-refractivity contribution in [2.45, 2.75) is 64.8 Å². The van der Waals surface area contributed by atoms with Crippen LogP contribution in [0.3, 0.4) is 0 Å². The van der Waals surface area contributed by atoms with Gasteiger partial charge in [0.1, 0.15) is 0 Å². The Morgan fingerprint density at radius 2 is 1.90 bits per heavy atom. The van der Waals surface area contributed by atoms with E-state index in [1.165, 1.54) is 60.9 Å². The van der Waals surface area contributed by atoms with E-state index in [-0.39, 0.29) is 5.41 Å². The number of rotatable bonds is 2. The van der Waals surface area contributed by atoms with Gasteiger partial charge in [0.2, 0.25) is 0 Å². The molecule has 118 valence electrons. The summed E-state index contributed by atoms with van der Waals surface area (Å²) in [5, 5.41) is 1.21. The molecule has 2 unspecified atom stereocenters. The third kappa shape index (κ3) is 3.11. The van der Waals surface area contributed by atoms with Gasteiger partial charge in [0.25, 0.3) is 0 Å². The van der Waals surface area contributed by atoms with Crippen molar-refractivity contribution in [3.8, 4) is 0 Å². The highest BCUT2D eigenvalue weighted by atomic mass is 32.1. The largest absolute Gasteiger partial charge is 0.348 e. The fourth-order valence-electron chi connectivity index (χ4n) is 3.97. The van der Waals surface area contributed by atoms with Gasteiger partial charge in [-0.3, -0.25) is 0 Å². The summed E-state index contributed by atoms with van der Waals surface area (Å²) in [5.41, 5.74) is 7.24. The van der Waals surface area contributed by atoms with Crippen LogP contribution in [0.4, 0.5) is 5.13 Å². The maximum atomic E-state index is 5.95. The van der Waals surface area contributed by atoms with Gasteiger partial charge in [-0.05, 0) is 24.7 Å². The van der Waals surface area contributed by atoms with E-state index >= 15 is 0 Å². The van der Waals surface area contributed by atoms with Gasteiger partial charge in [0.05, 0.1) is 5.69 Å². The number of nitrogens with zero attached hydrogens (tertiary/aromatic N) is 2. The van der Waals surface area contributed by atoms with Crippen LogP contribution in [-0.4, -0.2) is 18.1 Å². The van der Waals surface area contributed by atoms with E-state index in [0.717, 1.165) is 11.8 Å². The molecule has 1 aromatic heterocycles. The summed E-state index contributed by atoms with van der Waals surface area (Å²) >= 11 is 1.82. The minimum atomic E-state index is 0.0899. The molecule has 0 aromatic carbocycles. The Morgan fingerprint density at radius 3 is 2.52 bits per heavy atom. The van der Waals surface area contributed by atoms with Crippen molar-refractivity contribution in [2.24, 2.45) is 17.6 Å². The summed E-state index contributed by atoms with van der Waals surface area (Å²) in [6.07, 6.45) is 7.10. The number of hydrogen-bond acceptors (Lipinski definition) is 4. The van der Waals surface area contributed by atoms with E-state index in [1.54, 1.807) is 0 Å². The van der Waals surface area contributed by atoms with Crippen LogP contribution in [-0.2, 0) is 12.0 Å². The molecule has 1 saturated carbocycles. The summed E-state index contributed by atoms with van der Waals surface area (Å²) in [4.78, 5) is 8.78. The zero-order valence-electron chi connectivity index (χ0n) is 13.7. The Bertz CT molecular complexity index is 489. The van der Waals surface area contributed by atoms with Crippen LogP contribution in [0.25, 0.3) is 0 Å². The maximum Gasteiger partial charge on any atom is 0.185 e. The Balaban J connectivity index is 1.79. The zero-order valence-corrected chi connectivity index (χ0v) is 14.5. The first-order valence-electron chi connectivity index (χ1n) is 8.44. The number of anilines is 1. The molecule has 2 N–H and O–H groups in total. The van der Waals surface area contributed by atoms with Crippen LogP contribution in [0.2, 0.25) is 0 Å². The quantitative estimate of drug-likeness (QED) is 0.900. The van der Waals surface area contributed by atoms with Crippen molar-refractivity contribution in [2.75, 3.05) is 18.0 Å². The lowest BCUT2D eigenvalue weighted by atomic mass is 9.75. The maximum absolute atomic E-state index is 5.95. The highest BCUT2D eigenvalue weighted by Gasteiger charge is 2.33. The number of aromatic nitrogens is 1. The van der Waals surface area contributed by atoms with E-state index in [2.05, 4.69) is 25.7 Å². The van der Waals surface area contributed by atoms with Crippen molar-refractivity contribution < 1.29 is 0 Å². The number of fused-ring (bicyclic) bond motifs is 1. The van der Waals surface area contributed by atoms with Crippen LogP contribution in [0.5, 0.6) is 0 Å². The summed E-state index contributed by atoms with van der Waals surface area (Å²) in [6.45, 7) is 9.72. The highest BCUT2D eigenvalue weighted by Crippen LogP contribution is 2.40. The third-order valence-electron chi connectivity index (χ3n) is 5.14. The monoisotopic (exact) mass is 307 g/mol. The van der Waals surface area contributed by atoms with E-state index in [0.29, 0.717) is 6.54 Å². The molecule has 0 spiro atoms. The van der Waals surface area contributed by atoms with Crippen molar-refractivity contribution in [3.63, 3.8) is 0 Å². The zero-order chi connectivity index (χ0) is 15.0. The smallest absolute Gasteiger partial charge is 0.185 e. The highest BCUT2D eigenvalue weighted by molar-refractivity contribution is 7.15. The predicted molar refractivity (Wildman–Crippen MR) is 91.0 cm³/mol. The van der Waals surface area contributed by atoms with Gasteiger partial charge in [-0.2, -0.15) is 0 Å². The van der Waals surface area contributed by atoms with Crippen LogP contribution < -0.4 is 10.6 Å². The molecule has 1 saturated heterocycles. The normalized spacial score (nSPS) is 26.8. The topological polar surface area (TPSA) is 42.2 Å².